The molecule has 1 aromatic rings. The summed E-state index contributed by atoms with van der Waals surface area (Å²) in [5.41, 5.74) is 2.19. The first-order valence-electron chi connectivity index (χ1n) is 8.39. The van der Waals surface area contributed by atoms with Crippen molar-refractivity contribution in [3.8, 4) is 5.75 Å². The number of allylic oxidation sites excluding steroid dienone is 1. The number of nitrogens with zero attached hydrogens (tertiary/aromatic N) is 2. The van der Waals surface area contributed by atoms with Crippen LogP contribution in [0, 0.1) is 0 Å². The van der Waals surface area contributed by atoms with Crippen LogP contribution in [0.15, 0.2) is 43.5 Å². The summed E-state index contributed by atoms with van der Waals surface area (Å²) in [6.07, 6.45) is 0.116. The van der Waals surface area contributed by atoms with Gasteiger partial charge in [-0.05, 0) is 23.6 Å². The van der Waals surface area contributed by atoms with Crippen molar-refractivity contribution in [3.63, 3.8) is 0 Å². The molecule has 1 heterocycles. The van der Waals surface area contributed by atoms with E-state index in [1.165, 1.54) is 4.90 Å². The third-order valence-electron chi connectivity index (χ3n) is 4.12. The van der Waals surface area contributed by atoms with Crippen molar-refractivity contribution in [2.24, 2.45) is 0 Å². The molecule has 1 saturated heterocycles. The molecular formula is C19H25F3N2O. The number of hydrogen-bond acceptors (Lipinski definition) is 3. The van der Waals surface area contributed by atoms with Gasteiger partial charge in [0.25, 0.3) is 0 Å². The molecule has 0 spiro atoms. The summed E-state index contributed by atoms with van der Waals surface area (Å²) in [6, 6.07) is 6.03. The van der Waals surface area contributed by atoms with Crippen LogP contribution in [-0.2, 0) is 13.0 Å². The SMILES string of the molecule is C=CCOc1ccc(CN2CCN(CC(F)(F)F)CC2)cc1CC=C. The molecule has 25 heavy (non-hydrogen) atoms. The highest BCUT2D eigenvalue weighted by Gasteiger charge is 2.32. The fourth-order valence-electron chi connectivity index (χ4n) is 2.95. The number of piperazine rings is 1. The van der Waals surface area contributed by atoms with Crippen LogP contribution in [0.5, 0.6) is 5.75 Å². The monoisotopic (exact) mass is 354 g/mol. The molecule has 0 atom stereocenters. The van der Waals surface area contributed by atoms with Crippen LogP contribution in [-0.4, -0.2) is 55.3 Å². The van der Waals surface area contributed by atoms with Crippen LogP contribution >= 0.6 is 0 Å². The smallest absolute Gasteiger partial charge is 0.401 e. The Morgan fingerprint density at radius 2 is 1.72 bits per heavy atom. The molecule has 0 amide bonds. The van der Waals surface area contributed by atoms with Gasteiger partial charge in [-0.1, -0.05) is 30.9 Å². The van der Waals surface area contributed by atoms with Gasteiger partial charge in [-0.25, -0.2) is 0 Å². The zero-order valence-corrected chi connectivity index (χ0v) is 14.4. The average molecular weight is 354 g/mol. The number of rotatable bonds is 8. The van der Waals surface area contributed by atoms with Crippen molar-refractivity contribution in [1.29, 1.82) is 0 Å². The maximum absolute atomic E-state index is 12.4. The Morgan fingerprint density at radius 1 is 1.04 bits per heavy atom. The van der Waals surface area contributed by atoms with Crippen molar-refractivity contribution >= 4 is 0 Å². The van der Waals surface area contributed by atoms with Crippen LogP contribution in [0.2, 0.25) is 0 Å². The van der Waals surface area contributed by atoms with Crippen molar-refractivity contribution in [2.45, 2.75) is 19.1 Å². The summed E-state index contributed by atoms with van der Waals surface area (Å²) in [5, 5.41) is 0. The lowest BCUT2D eigenvalue weighted by Crippen LogP contribution is -2.48. The summed E-state index contributed by atoms with van der Waals surface area (Å²) in [4.78, 5) is 3.65. The van der Waals surface area contributed by atoms with E-state index >= 15 is 0 Å². The number of alkyl halides is 3. The highest BCUT2D eigenvalue weighted by atomic mass is 19.4. The van der Waals surface area contributed by atoms with E-state index in [0.29, 0.717) is 39.2 Å². The molecule has 138 valence electrons. The molecule has 1 aliphatic heterocycles. The van der Waals surface area contributed by atoms with Gasteiger partial charge in [0.05, 0.1) is 6.54 Å². The standard InChI is InChI=1S/C19H25F3N2O/c1-3-5-17-13-16(6-7-18(17)25-12-4-2)14-23-8-10-24(11-9-23)15-19(20,21)22/h3-4,6-7,13H,1-2,5,8-12,14-15H2. The number of halogens is 3. The van der Waals surface area contributed by atoms with E-state index in [9.17, 15) is 13.2 Å². The summed E-state index contributed by atoms with van der Waals surface area (Å²) < 4.78 is 43.0. The number of benzene rings is 1. The number of hydrogen-bond donors (Lipinski definition) is 0. The lowest BCUT2D eigenvalue weighted by atomic mass is 10.1. The lowest BCUT2D eigenvalue weighted by Gasteiger charge is -2.35. The normalized spacial score (nSPS) is 16.6. The number of ether oxygens (including phenoxy) is 1. The second-order valence-electron chi connectivity index (χ2n) is 6.20. The van der Waals surface area contributed by atoms with E-state index in [1.807, 2.05) is 18.2 Å². The molecule has 6 heteroatoms. The molecule has 0 bridgehead atoms. The minimum absolute atomic E-state index is 0.444. The largest absolute Gasteiger partial charge is 0.489 e. The van der Waals surface area contributed by atoms with Crippen LogP contribution in [0.4, 0.5) is 13.2 Å². The fourth-order valence-corrected chi connectivity index (χ4v) is 2.95. The van der Waals surface area contributed by atoms with Crippen LogP contribution in [0.1, 0.15) is 11.1 Å². The van der Waals surface area contributed by atoms with Gasteiger partial charge in [0, 0.05) is 32.7 Å². The Bertz CT molecular complexity index is 579. The first kappa shape index (κ1) is 19.5. The van der Waals surface area contributed by atoms with Crippen molar-refractivity contribution in [2.75, 3.05) is 39.3 Å². The van der Waals surface area contributed by atoms with Gasteiger partial charge in [-0.15, -0.1) is 6.58 Å². The van der Waals surface area contributed by atoms with E-state index in [2.05, 4.69) is 24.1 Å². The summed E-state index contributed by atoms with van der Waals surface area (Å²) in [6.45, 7) is 9.95. The van der Waals surface area contributed by atoms with Crippen LogP contribution in [0.3, 0.4) is 0 Å². The van der Waals surface area contributed by atoms with Gasteiger partial charge < -0.3 is 4.74 Å². The Hall–Kier alpha value is -1.79. The highest BCUT2D eigenvalue weighted by Crippen LogP contribution is 2.23. The minimum atomic E-state index is -4.12. The zero-order valence-electron chi connectivity index (χ0n) is 14.4. The van der Waals surface area contributed by atoms with Gasteiger partial charge in [-0.2, -0.15) is 13.2 Å². The first-order valence-corrected chi connectivity index (χ1v) is 8.39. The quantitative estimate of drug-likeness (QED) is 0.663. The van der Waals surface area contributed by atoms with Gasteiger partial charge >= 0.3 is 6.18 Å². The molecule has 0 saturated carbocycles. The summed E-state index contributed by atoms with van der Waals surface area (Å²) in [7, 11) is 0. The Labute approximate surface area is 147 Å². The summed E-state index contributed by atoms with van der Waals surface area (Å²) >= 11 is 0. The maximum Gasteiger partial charge on any atom is 0.401 e. The Morgan fingerprint density at radius 3 is 2.32 bits per heavy atom. The van der Waals surface area contributed by atoms with Gasteiger partial charge in [0.2, 0.25) is 0 Å². The predicted octanol–water partition coefficient (Wildman–Crippen LogP) is 3.66. The molecule has 1 fully saturated rings. The summed E-state index contributed by atoms with van der Waals surface area (Å²) in [5.74, 6) is 0.818. The lowest BCUT2D eigenvalue weighted by molar-refractivity contribution is -0.149. The van der Waals surface area contributed by atoms with Gasteiger partial charge in [0.1, 0.15) is 12.4 Å². The van der Waals surface area contributed by atoms with Gasteiger partial charge in [0.15, 0.2) is 0 Å². The van der Waals surface area contributed by atoms with Crippen LogP contribution < -0.4 is 4.74 Å². The molecule has 1 aromatic carbocycles. The zero-order chi connectivity index (χ0) is 18.3. The predicted molar refractivity (Wildman–Crippen MR) is 93.8 cm³/mol. The van der Waals surface area contributed by atoms with E-state index in [0.717, 1.165) is 23.4 Å². The molecule has 0 N–H and O–H groups in total. The van der Waals surface area contributed by atoms with E-state index in [1.54, 1.807) is 6.08 Å². The second-order valence-corrected chi connectivity index (χ2v) is 6.20. The first-order chi connectivity index (χ1) is 11.9. The fraction of sp³-hybridized carbons (Fsp3) is 0.474. The molecular weight excluding hydrogens is 329 g/mol. The van der Waals surface area contributed by atoms with Crippen molar-refractivity contribution in [3.05, 3.63) is 54.6 Å². The molecule has 0 aromatic heterocycles. The average Bonchev–Trinajstić information content (AvgIpc) is 2.55. The Kier molecular flexibility index (Phi) is 7.08. The topological polar surface area (TPSA) is 15.7 Å². The Balaban J connectivity index is 1.93. The van der Waals surface area contributed by atoms with Crippen molar-refractivity contribution < 1.29 is 17.9 Å². The van der Waals surface area contributed by atoms with Crippen molar-refractivity contribution in [1.82, 2.24) is 9.80 Å². The molecule has 1 aliphatic rings. The third-order valence-corrected chi connectivity index (χ3v) is 4.12. The third kappa shape index (κ3) is 6.55. The van der Waals surface area contributed by atoms with E-state index < -0.39 is 12.7 Å². The molecule has 0 unspecified atom stereocenters. The minimum Gasteiger partial charge on any atom is -0.489 e. The maximum atomic E-state index is 12.4. The second kappa shape index (κ2) is 9.06. The van der Waals surface area contributed by atoms with E-state index in [4.69, 9.17) is 4.74 Å². The molecule has 3 nitrogen and oxygen atoms in total. The molecule has 0 radical (unpaired) electrons. The highest BCUT2D eigenvalue weighted by molar-refractivity contribution is 5.38. The van der Waals surface area contributed by atoms with E-state index in [-0.39, 0.29) is 0 Å². The molecule has 0 aliphatic carbocycles. The van der Waals surface area contributed by atoms with Crippen LogP contribution in [0.25, 0.3) is 0 Å². The van der Waals surface area contributed by atoms with Gasteiger partial charge in [-0.3, -0.25) is 9.80 Å². The molecule has 2 rings (SSSR count).